The maximum Gasteiger partial charge on any atom is 0.692 e. The van der Waals surface area contributed by atoms with E-state index in [2.05, 4.69) is 25.6 Å². The molecular formula is C6H16O3PS+. The zero-order valence-corrected chi connectivity index (χ0v) is 8.70. The van der Waals surface area contributed by atoms with E-state index in [4.69, 9.17) is 14.4 Å². The zero-order valence-electron chi connectivity index (χ0n) is 6.99. The average molecular weight is 199 g/mol. The summed E-state index contributed by atoms with van der Waals surface area (Å²) in [6.07, 6.45) is 2.65. The quantitative estimate of drug-likeness (QED) is 0.538. The van der Waals surface area contributed by atoms with Crippen LogP contribution in [0.1, 0.15) is 26.7 Å². The third-order valence-electron chi connectivity index (χ3n) is 0.697. The number of rotatable bonds is 4. The molecule has 0 rings (SSSR count). The van der Waals surface area contributed by atoms with Gasteiger partial charge in [0.05, 0.1) is 0 Å². The number of thioether (sulfide) groups is 1. The van der Waals surface area contributed by atoms with E-state index in [0.29, 0.717) is 0 Å². The summed E-state index contributed by atoms with van der Waals surface area (Å²) < 4.78 is 8.70. The molecule has 0 spiro atoms. The largest absolute Gasteiger partial charge is 0.692 e. The van der Waals surface area contributed by atoms with Crippen molar-refractivity contribution in [2.75, 3.05) is 11.5 Å². The van der Waals surface area contributed by atoms with E-state index in [9.17, 15) is 0 Å². The van der Waals surface area contributed by atoms with Crippen LogP contribution in [-0.2, 0) is 4.57 Å². The molecule has 0 amide bonds. The highest BCUT2D eigenvalue weighted by Crippen LogP contribution is 2.02. The molecule has 0 atom stereocenters. The molecule has 0 aromatic heterocycles. The summed E-state index contributed by atoms with van der Waals surface area (Å²) in [5, 5.41) is 0. The lowest BCUT2D eigenvalue weighted by molar-refractivity contribution is 0.405. The summed E-state index contributed by atoms with van der Waals surface area (Å²) in [4.78, 5) is 14.2. The van der Waals surface area contributed by atoms with Crippen LogP contribution >= 0.6 is 20.0 Å². The molecule has 5 heteroatoms. The van der Waals surface area contributed by atoms with Crippen molar-refractivity contribution in [1.29, 1.82) is 0 Å². The number of hydrogen-bond acceptors (Lipinski definition) is 2. The van der Waals surface area contributed by atoms with Gasteiger partial charge in [0.15, 0.2) is 0 Å². The van der Waals surface area contributed by atoms with Gasteiger partial charge >= 0.3 is 8.25 Å². The molecule has 0 aliphatic heterocycles. The first-order chi connectivity index (χ1) is 5.15. The van der Waals surface area contributed by atoms with E-state index in [1.165, 1.54) is 24.3 Å². The van der Waals surface area contributed by atoms with Crippen LogP contribution in [0.15, 0.2) is 0 Å². The summed E-state index contributed by atoms with van der Waals surface area (Å²) in [6, 6.07) is 0. The first-order valence-corrected chi connectivity index (χ1v) is 5.89. The van der Waals surface area contributed by atoms with Crippen molar-refractivity contribution in [3.05, 3.63) is 0 Å². The molecule has 3 nitrogen and oxygen atoms in total. The van der Waals surface area contributed by atoms with Crippen molar-refractivity contribution < 1.29 is 14.4 Å². The normalized spacial score (nSPS) is 8.36. The van der Waals surface area contributed by atoms with Gasteiger partial charge in [-0.25, -0.2) is 0 Å². The minimum absolute atomic E-state index is 1.32. The van der Waals surface area contributed by atoms with Crippen molar-refractivity contribution in [2.45, 2.75) is 26.7 Å². The predicted molar refractivity (Wildman–Crippen MR) is 50.0 cm³/mol. The molecule has 0 aromatic carbocycles. The van der Waals surface area contributed by atoms with E-state index < -0.39 is 8.25 Å². The Morgan fingerprint density at radius 2 is 1.45 bits per heavy atom. The second-order valence-electron chi connectivity index (χ2n) is 1.87. The molecule has 2 N–H and O–H groups in total. The average Bonchev–Trinajstić information content (AvgIpc) is 1.88. The topological polar surface area (TPSA) is 57.5 Å². The van der Waals surface area contributed by atoms with Crippen LogP contribution in [0.2, 0.25) is 0 Å². The summed E-state index contributed by atoms with van der Waals surface area (Å²) in [7, 11) is -2.87. The second-order valence-corrected chi connectivity index (χ2v) is 3.60. The molecule has 68 valence electrons. The minimum atomic E-state index is -2.87. The predicted octanol–water partition coefficient (Wildman–Crippen LogP) is 2.17. The highest BCUT2D eigenvalue weighted by molar-refractivity contribution is 7.99. The fraction of sp³-hybridized carbons (Fsp3) is 1.00. The van der Waals surface area contributed by atoms with Crippen LogP contribution in [0.5, 0.6) is 0 Å². The van der Waals surface area contributed by atoms with Crippen molar-refractivity contribution >= 4 is 20.0 Å². The van der Waals surface area contributed by atoms with Crippen molar-refractivity contribution in [3.8, 4) is 0 Å². The summed E-state index contributed by atoms with van der Waals surface area (Å²) in [6.45, 7) is 4.45. The first kappa shape index (κ1) is 13.9. The fourth-order valence-electron chi connectivity index (χ4n) is 0.391. The molecule has 0 bridgehead atoms. The molecule has 0 aliphatic rings. The lowest BCUT2D eigenvalue weighted by Crippen LogP contribution is -1.76. The Morgan fingerprint density at radius 1 is 1.18 bits per heavy atom. The third kappa shape index (κ3) is 38.0. The van der Waals surface area contributed by atoms with E-state index in [-0.39, 0.29) is 0 Å². The first-order valence-electron chi connectivity index (χ1n) is 3.57. The molecule has 0 radical (unpaired) electrons. The smallest absolute Gasteiger partial charge is 0.162 e. The zero-order chi connectivity index (χ0) is 9.11. The van der Waals surface area contributed by atoms with Crippen LogP contribution in [0.4, 0.5) is 0 Å². The second kappa shape index (κ2) is 13.0. The molecular weight excluding hydrogens is 183 g/mol. The van der Waals surface area contributed by atoms with Gasteiger partial charge in [0.1, 0.15) is 0 Å². The monoisotopic (exact) mass is 199 g/mol. The molecule has 0 unspecified atom stereocenters. The van der Waals surface area contributed by atoms with E-state index >= 15 is 0 Å². The van der Waals surface area contributed by atoms with Gasteiger partial charge in [0.25, 0.3) is 0 Å². The van der Waals surface area contributed by atoms with Gasteiger partial charge in [-0.15, -0.1) is 9.79 Å². The van der Waals surface area contributed by atoms with E-state index in [0.717, 1.165) is 0 Å². The van der Waals surface area contributed by atoms with Gasteiger partial charge in [-0.2, -0.15) is 11.8 Å². The van der Waals surface area contributed by atoms with Gasteiger partial charge in [0, 0.05) is 4.57 Å². The fourth-order valence-corrected chi connectivity index (χ4v) is 1.17. The van der Waals surface area contributed by atoms with Crippen molar-refractivity contribution in [1.82, 2.24) is 0 Å². The maximum atomic E-state index is 8.70. The summed E-state index contributed by atoms with van der Waals surface area (Å²) >= 11 is 2.05. The summed E-state index contributed by atoms with van der Waals surface area (Å²) in [5.41, 5.74) is 0. The Hall–Kier alpha value is 0.370. The van der Waals surface area contributed by atoms with E-state index in [1.54, 1.807) is 0 Å². The molecule has 0 aromatic rings. The van der Waals surface area contributed by atoms with Crippen LogP contribution < -0.4 is 0 Å². The van der Waals surface area contributed by atoms with Gasteiger partial charge in [0.2, 0.25) is 0 Å². The Balaban J connectivity index is 0. The van der Waals surface area contributed by atoms with Crippen LogP contribution in [0, 0.1) is 0 Å². The maximum absolute atomic E-state index is 8.70. The highest BCUT2D eigenvalue weighted by atomic mass is 32.2. The molecule has 0 saturated carbocycles. The molecule has 0 saturated heterocycles. The standard InChI is InChI=1S/C6H14S.HO3P/c1-3-5-7-6-4-2;1-4(2)3/h3-6H2,1-2H3;(H-,1,2,3)/p+1. The van der Waals surface area contributed by atoms with Gasteiger partial charge < -0.3 is 0 Å². The van der Waals surface area contributed by atoms with Gasteiger partial charge in [-0.05, 0) is 24.3 Å². The Bertz CT molecular complexity index is 81.9. The van der Waals surface area contributed by atoms with Crippen molar-refractivity contribution in [3.63, 3.8) is 0 Å². The Labute approximate surface area is 73.2 Å². The van der Waals surface area contributed by atoms with Crippen LogP contribution in [-0.4, -0.2) is 21.3 Å². The molecule has 0 fully saturated rings. The third-order valence-corrected chi connectivity index (χ3v) is 2.09. The summed E-state index contributed by atoms with van der Waals surface area (Å²) in [5.74, 6) is 2.68. The molecule has 0 aliphatic carbocycles. The highest BCUT2D eigenvalue weighted by Gasteiger charge is 1.93. The molecule has 0 heterocycles. The lowest BCUT2D eigenvalue weighted by atomic mass is 10.6. The Morgan fingerprint density at radius 3 is 1.64 bits per heavy atom. The van der Waals surface area contributed by atoms with Crippen LogP contribution in [0.3, 0.4) is 0 Å². The van der Waals surface area contributed by atoms with Crippen LogP contribution in [0.25, 0.3) is 0 Å². The number of hydrogen-bond donors (Lipinski definition) is 2. The van der Waals surface area contributed by atoms with E-state index in [1.807, 2.05) is 0 Å². The van der Waals surface area contributed by atoms with Gasteiger partial charge in [-0.3, -0.25) is 0 Å². The van der Waals surface area contributed by atoms with Gasteiger partial charge in [-0.1, -0.05) is 13.8 Å². The van der Waals surface area contributed by atoms with Crippen molar-refractivity contribution in [2.24, 2.45) is 0 Å². The Kier molecular flexibility index (Phi) is 16.5. The minimum Gasteiger partial charge on any atom is -0.162 e. The molecule has 11 heavy (non-hydrogen) atoms. The SMILES string of the molecule is CCCSCCC.O=[P+](O)O. The lowest BCUT2D eigenvalue weighted by Gasteiger charge is -1.91.